The van der Waals surface area contributed by atoms with Crippen molar-refractivity contribution in [2.24, 2.45) is 0 Å². The number of hydrogen-bond donors (Lipinski definition) is 0. The summed E-state index contributed by atoms with van der Waals surface area (Å²) in [6.07, 6.45) is -0.296. The summed E-state index contributed by atoms with van der Waals surface area (Å²) in [5, 5.41) is 0. The minimum Gasteiger partial charge on any atom is -0.294 e. The van der Waals surface area contributed by atoms with Gasteiger partial charge in [-0.1, -0.05) is 0 Å². The molecule has 1 heterocycles. The Morgan fingerprint density at radius 1 is 1.13 bits per heavy atom. The van der Waals surface area contributed by atoms with Gasteiger partial charge in [0.15, 0.2) is 15.6 Å². The number of rotatable bonds is 0. The molecule has 0 aliphatic carbocycles. The van der Waals surface area contributed by atoms with Gasteiger partial charge in [-0.05, 0) is 12.1 Å². The molecule has 0 saturated carbocycles. The zero-order chi connectivity index (χ0) is 11.2. The molecular weight excluding hydrogens is 226 g/mol. The van der Waals surface area contributed by atoms with Crippen molar-refractivity contribution in [3.05, 3.63) is 29.3 Å². The fourth-order valence-electron chi connectivity index (χ4n) is 1.55. The van der Waals surface area contributed by atoms with Gasteiger partial charge < -0.3 is 0 Å². The summed E-state index contributed by atoms with van der Waals surface area (Å²) in [6.45, 7) is 0. The molecule has 0 fully saturated rings. The molecule has 0 saturated heterocycles. The first kappa shape index (κ1) is 10.2. The Morgan fingerprint density at radius 3 is 2.33 bits per heavy atom. The third-order valence-corrected chi connectivity index (χ3v) is 4.01. The van der Waals surface area contributed by atoms with Gasteiger partial charge in [-0.2, -0.15) is 0 Å². The largest absolute Gasteiger partial charge is 0.294 e. The van der Waals surface area contributed by atoms with Crippen LogP contribution in [0.5, 0.6) is 0 Å². The van der Waals surface area contributed by atoms with Crippen LogP contribution in [-0.2, 0) is 9.84 Å². The molecule has 1 aliphatic heterocycles. The van der Waals surface area contributed by atoms with Crippen LogP contribution in [0.1, 0.15) is 16.8 Å². The van der Waals surface area contributed by atoms with E-state index in [2.05, 4.69) is 0 Å². The minimum atomic E-state index is -3.86. The van der Waals surface area contributed by atoms with E-state index in [1.165, 1.54) is 0 Å². The SMILES string of the molecule is O=C1CCS(=O)(=O)c2c(F)ccc(F)c21. The van der Waals surface area contributed by atoms with Crippen molar-refractivity contribution >= 4 is 15.6 Å². The number of fused-ring (bicyclic) bond motifs is 1. The first-order valence-electron chi connectivity index (χ1n) is 4.17. The van der Waals surface area contributed by atoms with Crippen LogP contribution in [-0.4, -0.2) is 20.0 Å². The van der Waals surface area contributed by atoms with Crippen molar-refractivity contribution in [2.45, 2.75) is 11.3 Å². The van der Waals surface area contributed by atoms with Gasteiger partial charge in [-0.15, -0.1) is 0 Å². The Labute approximate surface area is 84.6 Å². The first-order valence-corrected chi connectivity index (χ1v) is 5.82. The van der Waals surface area contributed by atoms with E-state index >= 15 is 0 Å². The maximum Gasteiger partial charge on any atom is 0.182 e. The second kappa shape index (κ2) is 3.10. The lowest BCUT2D eigenvalue weighted by molar-refractivity contribution is 0.0977. The van der Waals surface area contributed by atoms with Crippen LogP contribution in [0.15, 0.2) is 17.0 Å². The lowest BCUT2D eigenvalue weighted by Gasteiger charge is -2.15. The summed E-state index contributed by atoms with van der Waals surface area (Å²) in [7, 11) is -3.86. The summed E-state index contributed by atoms with van der Waals surface area (Å²) in [5.41, 5.74) is -0.638. The van der Waals surface area contributed by atoms with E-state index in [0.717, 1.165) is 6.07 Å². The molecule has 0 N–H and O–H groups in total. The fourth-order valence-corrected chi connectivity index (χ4v) is 3.10. The van der Waals surface area contributed by atoms with E-state index in [1.807, 2.05) is 0 Å². The second-order valence-corrected chi connectivity index (χ2v) is 5.27. The lowest BCUT2D eigenvalue weighted by atomic mass is 10.1. The van der Waals surface area contributed by atoms with Gasteiger partial charge in [-0.25, -0.2) is 17.2 Å². The van der Waals surface area contributed by atoms with Crippen molar-refractivity contribution in [2.75, 3.05) is 5.75 Å². The summed E-state index contributed by atoms with van der Waals surface area (Å²) >= 11 is 0. The highest BCUT2D eigenvalue weighted by molar-refractivity contribution is 7.91. The Hall–Kier alpha value is -1.30. The van der Waals surface area contributed by atoms with E-state index < -0.39 is 43.5 Å². The van der Waals surface area contributed by atoms with E-state index in [0.29, 0.717) is 6.07 Å². The van der Waals surface area contributed by atoms with Crippen LogP contribution >= 0.6 is 0 Å². The van der Waals surface area contributed by atoms with Gasteiger partial charge >= 0.3 is 0 Å². The number of carbonyl (C=O) groups excluding carboxylic acids is 1. The molecule has 0 aromatic heterocycles. The van der Waals surface area contributed by atoms with Crippen molar-refractivity contribution in [1.82, 2.24) is 0 Å². The normalized spacial score (nSPS) is 18.7. The zero-order valence-corrected chi connectivity index (χ0v) is 8.27. The number of Topliss-reactive ketones (excluding diaryl/α,β-unsaturated/α-hetero) is 1. The van der Waals surface area contributed by atoms with Gasteiger partial charge in [0, 0.05) is 6.42 Å². The van der Waals surface area contributed by atoms with Crippen molar-refractivity contribution in [3.8, 4) is 0 Å². The molecular formula is C9H6F2O3S. The number of carbonyl (C=O) groups is 1. The molecule has 15 heavy (non-hydrogen) atoms. The van der Waals surface area contributed by atoms with Crippen LogP contribution in [0.2, 0.25) is 0 Å². The molecule has 0 spiro atoms. The maximum absolute atomic E-state index is 13.2. The van der Waals surface area contributed by atoms with E-state index in [1.54, 1.807) is 0 Å². The topological polar surface area (TPSA) is 51.2 Å². The average molecular weight is 232 g/mol. The quantitative estimate of drug-likeness (QED) is 0.678. The van der Waals surface area contributed by atoms with Crippen molar-refractivity contribution in [3.63, 3.8) is 0 Å². The smallest absolute Gasteiger partial charge is 0.182 e. The van der Waals surface area contributed by atoms with Crippen LogP contribution < -0.4 is 0 Å². The summed E-state index contributed by atoms with van der Waals surface area (Å²) in [5.74, 6) is -3.19. The number of hydrogen-bond acceptors (Lipinski definition) is 3. The fraction of sp³-hybridized carbons (Fsp3) is 0.222. The van der Waals surface area contributed by atoms with Crippen LogP contribution in [0.25, 0.3) is 0 Å². The number of halogens is 2. The molecule has 0 amide bonds. The Kier molecular flexibility index (Phi) is 2.11. The molecule has 0 unspecified atom stereocenters. The van der Waals surface area contributed by atoms with Crippen LogP contribution in [0, 0.1) is 11.6 Å². The van der Waals surface area contributed by atoms with Crippen molar-refractivity contribution < 1.29 is 22.0 Å². The summed E-state index contributed by atoms with van der Waals surface area (Å²) < 4.78 is 49.3. The van der Waals surface area contributed by atoms with Crippen molar-refractivity contribution in [1.29, 1.82) is 0 Å². The monoisotopic (exact) mass is 232 g/mol. The molecule has 6 heteroatoms. The summed E-state index contributed by atoms with van der Waals surface area (Å²) in [6, 6.07) is 1.47. The Balaban J connectivity index is 2.90. The third kappa shape index (κ3) is 1.45. The van der Waals surface area contributed by atoms with E-state index in [-0.39, 0.29) is 6.42 Å². The van der Waals surface area contributed by atoms with Gasteiger partial charge in [0.25, 0.3) is 0 Å². The predicted molar refractivity (Wildman–Crippen MR) is 47.4 cm³/mol. The number of sulfone groups is 1. The molecule has 2 rings (SSSR count). The van der Waals surface area contributed by atoms with Crippen LogP contribution in [0.4, 0.5) is 8.78 Å². The zero-order valence-electron chi connectivity index (χ0n) is 7.46. The highest BCUT2D eigenvalue weighted by atomic mass is 32.2. The minimum absolute atomic E-state index is 0.296. The molecule has 0 bridgehead atoms. The standard InChI is InChI=1S/C9H6F2O3S/c10-5-1-2-6(11)9-8(5)7(12)3-4-15(9,13)14/h1-2H,3-4H2. The van der Waals surface area contributed by atoms with E-state index in [9.17, 15) is 22.0 Å². The van der Waals surface area contributed by atoms with Crippen LogP contribution in [0.3, 0.4) is 0 Å². The molecule has 0 atom stereocenters. The molecule has 1 aromatic carbocycles. The molecule has 1 aromatic rings. The molecule has 1 aliphatic rings. The number of ketones is 1. The molecule has 80 valence electrons. The highest BCUT2D eigenvalue weighted by Crippen LogP contribution is 2.29. The Morgan fingerprint density at radius 2 is 1.73 bits per heavy atom. The van der Waals surface area contributed by atoms with Gasteiger partial charge in [-0.3, -0.25) is 4.79 Å². The second-order valence-electron chi connectivity index (χ2n) is 3.23. The first-order chi connectivity index (χ1) is 6.93. The molecule has 3 nitrogen and oxygen atoms in total. The third-order valence-electron chi connectivity index (χ3n) is 2.25. The van der Waals surface area contributed by atoms with E-state index in [4.69, 9.17) is 0 Å². The summed E-state index contributed by atoms with van der Waals surface area (Å²) in [4.78, 5) is 10.5. The predicted octanol–water partition coefficient (Wildman–Crippen LogP) is 1.32. The Bertz CT molecular complexity index is 549. The van der Waals surface area contributed by atoms with Gasteiger partial charge in [0.05, 0.1) is 11.3 Å². The van der Waals surface area contributed by atoms with Gasteiger partial charge in [0.2, 0.25) is 0 Å². The average Bonchev–Trinajstić information content (AvgIpc) is 2.16. The maximum atomic E-state index is 13.2. The van der Waals surface area contributed by atoms with Gasteiger partial charge in [0.1, 0.15) is 16.5 Å². The lowest BCUT2D eigenvalue weighted by Crippen LogP contribution is -2.24. The highest BCUT2D eigenvalue weighted by Gasteiger charge is 2.34. The number of benzene rings is 1. The molecule has 0 radical (unpaired) electrons.